The Labute approximate surface area is 232 Å². The Morgan fingerprint density at radius 2 is 2.00 bits per heavy atom. The van der Waals surface area contributed by atoms with E-state index in [2.05, 4.69) is 10.2 Å². The molecule has 2 aliphatic heterocycles. The van der Waals surface area contributed by atoms with Gasteiger partial charge in [-0.25, -0.2) is 4.79 Å². The van der Waals surface area contributed by atoms with Gasteiger partial charge in [-0.05, 0) is 43.7 Å². The van der Waals surface area contributed by atoms with Crippen molar-refractivity contribution in [3.05, 3.63) is 51.2 Å². The fourth-order valence-electron chi connectivity index (χ4n) is 5.03. The molecular formula is C27H34Cl2N2O7. The summed E-state index contributed by atoms with van der Waals surface area (Å²) in [6, 6.07) is 5.73. The second-order valence-electron chi connectivity index (χ2n) is 10.6. The molecule has 208 valence electrons. The average Bonchev–Trinajstić information content (AvgIpc) is 3.21. The second-order valence-corrected chi connectivity index (χ2v) is 11.4. The van der Waals surface area contributed by atoms with Crippen LogP contribution in [0.3, 0.4) is 0 Å². The molecule has 0 aromatic heterocycles. The quantitative estimate of drug-likeness (QED) is 0.415. The lowest BCUT2D eigenvalue weighted by molar-refractivity contribution is -0.157. The largest absolute Gasteiger partial charge is 0.487 e. The first-order valence-electron chi connectivity index (χ1n) is 12.7. The van der Waals surface area contributed by atoms with Crippen molar-refractivity contribution >= 4 is 35.1 Å². The molecule has 4 rings (SSSR count). The SMILES string of the molecule is CNC(=O)C1=CC(Cl)=C(OC(C)(C)C(=O)O)CC1OC[C@@H](O)CN1CCC2(CC1)Cc1cc(Cl)ccc1O2. The first kappa shape index (κ1) is 28.7. The smallest absolute Gasteiger partial charge is 0.347 e. The average molecular weight is 569 g/mol. The third kappa shape index (κ3) is 6.46. The highest BCUT2D eigenvalue weighted by molar-refractivity contribution is 6.32. The number of fused-ring (bicyclic) bond motifs is 1. The molecule has 1 unspecified atom stereocenters. The molecule has 1 aromatic carbocycles. The molecule has 1 aromatic rings. The van der Waals surface area contributed by atoms with Gasteiger partial charge < -0.3 is 34.6 Å². The van der Waals surface area contributed by atoms with Gasteiger partial charge in [0.1, 0.15) is 17.1 Å². The summed E-state index contributed by atoms with van der Waals surface area (Å²) in [5.74, 6) is -0.416. The number of aliphatic hydroxyl groups excluding tert-OH is 1. The maximum Gasteiger partial charge on any atom is 0.347 e. The van der Waals surface area contributed by atoms with Gasteiger partial charge in [0.2, 0.25) is 5.91 Å². The molecule has 1 amide bonds. The third-order valence-corrected chi connectivity index (χ3v) is 7.79. The van der Waals surface area contributed by atoms with E-state index >= 15 is 0 Å². The van der Waals surface area contributed by atoms with E-state index in [1.807, 2.05) is 18.2 Å². The number of β-amino-alcohol motifs (C(OH)–C–C–N with tert-alkyl or cyclic N) is 1. The first-order valence-corrected chi connectivity index (χ1v) is 13.4. The maximum atomic E-state index is 12.4. The van der Waals surface area contributed by atoms with Gasteiger partial charge in [-0.2, -0.15) is 0 Å². The van der Waals surface area contributed by atoms with E-state index in [0.29, 0.717) is 11.6 Å². The minimum Gasteiger partial charge on any atom is -0.487 e. The molecule has 1 spiro atoms. The van der Waals surface area contributed by atoms with Gasteiger partial charge in [-0.1, -0.05) is 23.2 Å². The molecular weight excluding hydrogens is 535 g/mol. The molecule has 1 aliphatic carbocycles. The Morgan fingerprint density at radius 1 is 1.29 bits per heavy atom. The maximum absolute atomic E-state index is 12.4. The van der Waals surface area contributed by atoms with Gasteiger partial charge in [-0.15, -0.1) is 0 Å². The fourth-order valence-corrected chi connectivity index (χ4v) is 5.46. The zero-order chi connectivity index (χ0) is 27.7. The van der Waals surface area contributed by atoms with E-state index < -0.39 is 23.8 Å². The summed E-state index contributed by atoms with van der Waals surface area (Å²) in [4.78, 5) is 26.1. The van der Waals surface area contributed by atoms with E-state index in [1.165, 1.54) is 27.0 Å². The molecule has 2 heterocycles. The number of carboxylic acids is 1. The van der Waals surface area contributed by atoms with Crippen molar-refractivity contribution in [2.24, 2.45) is 0 Å². The van der Waals surface area contributed by atoms with Crippen LogP contribution in [0.25, 0.3) is 0 Å². The molecule has 1 fully saturated rings. The van der Waals surface area contributed by atoms with Gasteiger partial charge in [-0.3, -0.25) is 4.79 Å². The summed E-state index contributed by atoms with van der Waals surface area (Å²) in [5.41, 5.74) is -0.328. The number of halogens is 2. The summed E-state index contributed by atoms with van der Waals surface area (Å²) >= 11 is 12.5. The summed E-state index contributed by atoms with van der Waals surface area (Å²) < 4.78 is 17.9. The number of carboxylic acid groups (broad SMARTS) is 1. The van der Waals surface area contributed by atoms with E-state index in [-0.39, 0.29) is 40.9 Å². The number of likely N-dealkylation sites (tertiary alicyclic amines) is 1. The van der Waals surface area contributed by atoms with Gasteiger partial charge in [0.15, 0.2) is 5.60 Å². The molecule has 3 N–H and O–H groups in total. The van der Waals surface area contributed by atoms with Crippen LogP contribution in [0.2, 0.25) is 5.02 Å². The van der Waals surface area contributed by atoms with Crippen LogP contribution in [0.4, 0.5) is 0 Å². The Balaban J connectivity index is 1.31. The van der Waals surface area contributed by atoms with Crippen LogP contribution in [0.15, 0.2) is 40.6 Å². The van der Waals surface area contributed by atoms with E-state index in [4.69, 9.17) is 37.4 Å². The Morgan fingerprint density at radius 3 is 2.66 bits per heavy atom. The summed E-state index contributed by atoms with van der Waals surface area (Å²) in [6.07, 6.45) is 2.44. The van der Waals surface area contributed by atoms with Crippen molar-refractivity contribution < 1.29 is 34.0 Å². The Bertz CT molecular complexity index is 1140. The number of carbonyl (C=O) groups excluding carboxylic acids is 1. The number of carbonyl (C=O) groups is 2. The number of nitrogens with zero attached hydrogens (tertiary/aromatic N) is 1. The molecule has 2 atom stereocenters. The minimum absolute atomic E-state index is 0.0195. The Kier molecular flexibility index (Phi) is 8.64. The van der Waals surface area contributed by atoms with Crippen LogP contribution in [0, 0.1) is 0 Å². The minimum atomic E-state index is -1.51. The predicted octanol–water partition coefficient (Wildman–Crippen LogP) is 3.26. The van der Waals surface area contributed by atoms with Crippen LogP contribution in [-0.2, 0) is 25.5 Å². The number of hydrogen-bond acceptors (Lipinski definition) is 7. The molecule has 0 bridgehead atoms. The van der Waals surface area contributed by atoms with Crippen molar-refractivity contribution in [2.45, 2.75) is 62.9 Å². The number of nitrogens with one attached hydrogen (secondary N) is 1. The van der Waals surface area contributed by atoms with Crippen molar-refractivity contribution in [1.82, 2.24) is 10.2 Å². The monoisotopic (exact) mass is 568 g/mol. The molecule has 11 heteroatoms. The van der Waals surface area contributed by atoms with E-state index in [1.54, 1.807) is 0 Å². The van der Waals surface area contributed by atoms with Gasteiger partial charge >= 0.3 is 5.97 Å². The molecule has 0 saturated carbocycles. The highest BCUT2D eigenvalue weighted by atomic mass is 35.5. The van der Waals surface area contributed by atoms with Crippen LogP contribution in [0.1, 0.15) is 38.7 Å². The van der Waals surface area contributed by atoms with Crippen LogP contribution < -0.4 is 10.1 Å². The lowest BCUT2D eigenvalue weighted by atomic mass is 9.87. The Hall–Kier alpha value is -2.30. The fraction of sp³-hybridized carbons (Fsp3) is 0.556. The summed E-state index contributed by atoms with van der Waals surface area (Å²) in [5, 5.41) is 23.6. The zero-order valence-electron chi connectivity index (χ0n) is 21.8. The van der Waals surface area contributed by atoms with Crippen LogP contribution in [-0.4, -0.2) is 83.7 Å². The number of aliphatic carboxylic acids is 1. The number of piperidine rings is 1. The van der Waals surface area contributed by atoms with Gasteiger partial charge in [0.25, 0.3) is 0 Å². The van der Waals surface area contributed by atoms with Crippen molar-refractivity contribution in [2.75, 3.05) is 33.3 Å². The van der Waals surface area contributed by atoms with Crippen LogP contribution >= 0.6 is 23.2 Å². The molecule has 0 radical (unpaired) electrons. The lowest BCUT2D eigenvalue weighted by Gasteiger charge is -2.39. The highest BCUT2D eigenvalue weighted by Crippen LogP contribution is 2.42. The number of hydrogen-bond donors (Lipinski definition) is 3. The van der Waals surface area contributed by atoms with E-state index in [9.17, 15) is 19.8 Å². The number of aliphatic hydroxyl groups is 1. The topological polar surface area (TPSA) is 118 Å². The summed E-state index contributed by atoms with van der Waals surface area (Å²) in [7, 11) is 1.50. The third-order valence-electron chi connectivity index (χ3n) is 7.24. The number of likely N-dealkylation sites (N-methyl/N-ethyl adjacent to an activating group) is 1. The van der Waals surface area contributed by atoms with E-state index in [0.717, 1.165) is 43.7 Å². The molecule has 3 aliphatic rings. The van der Waals surface area contributed by atoms with Crippen molar-refractivity contribution in [3.63, 3.8) is 0 Å². The number of ether oxygens (including phenoxy) is 3. The van der Waals surface area contributed by atoms with Gasteiger partial charge in [0, 0.05) is 63.0 Å². The number of benzene rings is 1. The van der Waals surface area contributed by atoms with Crippen LogP contribution in [0.5, 0.6) is 5.75 Å². The lowest BCUT2D eigenvalue weighted by Crippen LogP contribution is -2.49. The van der Waals surface area contributed by atoms with Crippen molar-refractivity contribution in [3.8, 4) is 5.75 Å². The zero-order valence-corrected chi connectivity index (χ0v) is 23.3. The molecule has 1 saturated heterocycles. The van der Waals surface area contributed by atoms with Crippen molar-refractivity contribution in [1.29, 1.82) is 0 Å². The summed E-state index contributed by atoms with van der Waals surface area (Å²) in [6.45, 7) is 4.76. The second kappa shape index (κ2) is 11.4. The standard InChI is InChI=1S/C27H34Cl2N2O7/c1-26(2,25(34)35)37-23-12-22(19(11-20(23)29)24(33)30-3)36-15-18(32)14-31-8-6-27(7-9-31)13-16-10-17(28)4-5-21(16)38-27/h4-5,10-11,18,22,32H,6-9,12-15H2,1-3H3,(H,30,33)(H,34,35)/t18-,22?/m0/s1. The number of allylic oxidation sites excluding steroid dienone is 2. The number of amides is 1. The van der Waals surface area contributed by atoms with Gasteiger partial charge in [0.05, 0.1) is 23.8 Å². The first-order chi connectivity index (χ1) is 17.9. The highest BCUT2D eigenvalue weighted by Gasteiger charge is 2.42. The number of rotatable bonds is 9. The molecule has 38 heavy (non-hydrogen) atoms. The molecule has 9 nitrogen and oxygen atoms in total. The normalized spacial score (nSPS) is 21.9. The predicted molar refractivity (Wildman–Crippen MR) is 142 cm³/mol.